The summed E-state index contributed by atoms with van der Waals surface area (Å²) in [6.45, 7) is 0. The first-order chi connectivity index (χ1) is 15.1. The van der Waals surface area contributed by atoms with Crippen molar-refractivity contribution in [3.63, 3.8) is 0 Å². The number of fused-ring (bicyclic) bond motifs is 1. The molecule has 0 aliphatic heterocycles. The quantitative estimate of drug-likeness (QED) is 0.518. The van der Waals surface area contributed by atoms with E-state index in [-0.39, 0.29) is 11.5 Å². The highest BCUT2D eigenvalue weighted by Crippen LogP contribution is 2.32. The number of hydrogen-bond donors (Lipinski definition) is 2. The number of nitrogens with two attached hydrogens (primary N) is 1. The standard InChI is InChI=1S/C24H19N5O2/c25-21-18(7-4-14-26-21)22-28-20-13-12-19(15-5-2-1-3-6-15)27-23(20)29(22)17-10-8-16(9-11-17)24(30)31/h1-5,7-15H,6H2,(H2,25,26)(H,30,31). The van der Waals surface area contributed by atoms with Crippen molar-refractivity contribution in [1.29, 1.82) is 0 Å². The number of nitrogen functional groups attached to an aromatic ring is 1. The Bertz CT molecular complexity index is 1350. The Morgan fingerprint density at radius 3 is 2.61 bits per heavy atom. The molecule has 0 bridgehead atoms. The molecule has 0 saturated heterocycles. The van der Waals surface area contributed by atoms with Gasteiger partial charge in [0, 0.05) is 17.8 Å². The summed E-state index contributed by atoms with van der Waals surface area (Å²) in [5.74, 6) is 0.185. The molecule has 4 aromatic rings. The maximum absolute atomic E-state index is 11.3. The number of rotatable bonds is 4. The molecule has 0 spiro atoms. The fourth-order valence-electron chi connectivity index (χ4n) is 3.76. The molecular weight excluding hydrogens is 390 g/mol. The highest BCUT2D eigenvalue weighted by atomic mass is 16.4. The summed E-state index contributed by atoms with van der Waals surface area (Å²) in [7, 11) is 0. The van der Waals surface area contributed by atoms with Crippen molar-refractivity contribution in [2.45, 2.75) is 12.3 Å². The van der Waals surface area contributed by atoms with E-state index in [1.165, 1.54) is 0 Å². The van der Waals surface area contributed by atoms with Crippen LogP contribution < -0.4 is 5.73 Å². The summed E-state index contributed by atoms with van der Waals surface area (Å²) in [5, 5.41) is 9.26. The van der Waals surface area contributed by atoms with E-state index in [1.807, 2.05) is 34.9 Å². The number of allylic oxidation sites excluding steroid dienone is 4. The van der Waals surface area contributed by atoms with Gasteiger partial charge in [0.25, 0.3) is 0 Å². The average Bonchev–Trinajstić information content (AvgIpc) is 3.18. The van der Waals surface area contributed by atoms with E-state index in [0.29, 0.717) is 22.9 Å². The van der Waals surface area contributed by atoms with Gasteiger partial charge in [0.05, 0.1) is 16.8 Å². The molecule has 1 aliphatic rings. The van der Waals surface area contributed by atoms with Gasteiger partial charge in [-0.05, 0) is 55.0 Å². The molecule has 3 aromatic heterocycles. The van der Waals surface area contributed by atoms with E-state index in [9.17, 15) is 9.90 Å². The van der Waals surface area contributed by atoms with Crippen LogP contribution in [0.25, 0.3) is 28.2 Å². The molecule has 1 aliphatic carbocycles. The van der Waals surface area contributed by atoms with Crippen molar-refractivity contribution in [2.75, 3.05) is 5.73 Å². The predicted octanol–water partition coefficient (Wildman–Crippen LogP) is 4.36. The highest BCUT2D eigenvalue weighted by molar-refractivity contribution is 5.88. The number of carbonyl (C=O) groups is 1. The molecule has 0 radical (unpaired) electrons. The summed E-state index contributed by atoms with van der Waals surface area (Å²) in [4.78, 5) is 25.2. The molecule has 0 fully saturated rings. The molecule has 1 unspecified atom stereocenters. The third kappa shape index (κ3) is 3.36. The number of imidazole rings is 1. The summed E-state index contributed by atoms with van der Waals surface area (Å²) in [5.41, 5.74) is 10.1. The minimum atomic E-state index is -0.976. The van der Waals surface area contributed by atoms with Crippen LogP contribution >= 0.6 is 0 Å². The Labute approximate surface area is 178 Å². The topological polar surface area (TPSA) is 107 Å². The Morgan fingerprint density at radius 2 is 1.90 bits per heavy atom. The van der Waals surface area contributed by atoms with Crippen molar-refractivity contribution >= 4 is 23.0 Å². The van der Waals surface area contributed by atoms with Gasteiger partial charge in [0.15, 0.2) is 11.5 Å². The van der Waals surface area contributed by atoms with Crippen LogP contribution in [0.4, 0.5) is 5.82 Å². The number of anilines is 1. The van der Waals surface area contributed by atoms with Crippen LogP contribution in [-0.4, -0.2) is 30.6 Å². The summed E-state index contributed by atoms with van der Waals surface area (Å²) < 4.78 is 1.90. The molecule has 1 atom stereocenters. The lowest BCUT2D eigenvalue weighted by Crippen LogP contribution is -2.04. The minimum Gasteiger partial charge on any atom is -0.478 e. The zero-order valence-corrected chi connectivity index (χ0v) is 16.5. The van der Waals surface area contributed by atoms with E-state index >= 15 is 0 Å². The number of carboxylic acids is 1. The largest absolute Gasteiger partial charge is 0.478 e. The Kier molecular flexibility index (Phi) is 4.55. The lowest BCUT2D eigenvalue weighted by molar-refractivity contribution is 0.0697. The second kappa shape index (κ2) is 7.53. The minimum absolute atomic E-state index is 0.194. The first-order valence-electron chi connectivity index (χ1n) is 9.89. The summed E-state index contributed by atoms with van der Waals surface area (Å²) >= 11 is 0. The van der Waals surface area contributed by atoms with Crippen LogP contribution in [-0.2, 0) is 0 Å². The van der Waals surface area contributed by atoms with E-state index < -0.39 is 5.97 Å². The van der Waals surface area contributed by atoms with Crippen LogP contribution in [0.1, 0.15) is 28.4 Å². The predicted molar refractivity (Wildman–Crippen MR) is 119 cm³/mol. The molecule has 3 heterocycles. The lowest BCUT2D eigenvalue weighted by atomic mass is 9.97. The fourth-order valence-corrected chi connectivity index (χ4v) is 3.76. The first kappa shape index (κ1) is 18.7. The van der Waals surface area contributed by atoms with Crippen molar-refractivity contribution in [2.24, 2.45) is 0 Å². The van der Waals surface area contributed by atoms with Gasteiger partial charge in [-0.15, -0.1) is 0 Å². The molecule has 31 heavy (non-hydrogen) atoms. The van der Waals surface area contributed by atoms with Gasteiger partial charge in [-0.2, -0.15) is 0 Å². The molecule has 0 saturated carbocycles. The number of benzene rings is 1. The first-order valence-corrected chi connectivity index (χ1v) is 9.89. The van der Waals surface area contributed by atoms with Gasteiger partial charge < -0.3 is 10.8 Å². The van der Waals surface area contributed by atoms with Crippen LogP contribution in [0.3, 0.4) is 0 Å². The van der Waals surface area contributed by atoms with Crippen LogP contribution in [0.15, 0.2) is 79.0 Å². The van der Waals surface area contributed by atoms with Crippen LogP contribution in [0, 0.1) is 0 Å². The summed E-state index contributed by atoms with van der Waals surface area (Å²) in [6.07, 6.45) is 10.8. The van der Waals surface area contributed by atoms with Gasteiger partial charge >= 0.3 is 5.97 Å². The summed E-state index contributed by atoms with van der Waals surface area (Å²) in [6, 6.07) is 14.3. The lowest BCUT2D eigenvalue weighted by Gasteiger charge is -2.14. The SMILES string of the molecule is Nc1ncccc1-c1nc2ccc(C3C=CC=CC3)nc2n1-c1ccc(C(=O)O)cc1. The van der Waals surface area contributed by atoms with E-state index in [1.54, 1.807) is 36.5 Å². The molecule has 0 amide bonds. The number of aromatic carboxylic acids is 1. The van der Waals surface area contributed by atoms with Gasteiger partial charge in [0.1, 0.15) is 11.3 Å². The Balaban J connectivity index is 1.74. The van der Waals surface area contributed by atoms with Crippen LogP contribution in [0.2, 0.25) is 0 Å². The van der Waals surface area contributed by atoms with Crippen molar-refractivity contribution in [1.82, 2.24) is 19.5 Å². The van der Waals surface area contributed by atoms with Gasteiger partial charge in [-0.1, -0.05) is 24.3 Å². The second-order valence-electron chi connectivity index (χ2n) is 7.29. The molecule has 7 nitrogen and oxygen atoms in total. The van der Waals surface area contributed by atoms with Gasteiger partial charge in [-0.25, -0.2) is 19.7 Å². The number of pyridine rings is 2. The number of aromatic nitrogens is 4. The van der Waals surface area contributed by atoms with Crippen molar-refractivity contribution < 1.29 is 9.90 Å². The maximum atomic E-state index is 11.3. The number of carboxylic acid groups (broad SMARTS) is 1. The smallest absolute Gasteiger partial charge is 0.335 e. The molecule has 152 valence electrons. The van der Waals surface area contributed by atoms with Gasteiger partial charge in [-0.3, -0.25) is 4.57 Å². The monoisotopic (exact) mass is 409 g/mol. The Morgan fingerprint density at radius 1 is 1.06 bits per heavy atom. The molecular formula is C24H19N5O2. The third-order valence-corrected chi connectivity index (χ3v) is 5.34. The molecule has 7 heteroatoms. The zero-order valence-electron chi connectivity index (χ0n) is 16.5. The van der Waals surface area contributed by atoms with Gasteiger partial charge in [0.2, 0.25) is 0 Å². The fraction of sp³-hybridized carbons (Fsp3) is 0.0833. The van der Waals surface area contributed by atoms with Crippen molar-refractivity contribution in [3.05, 3.63) is 90.3 Å². The molecule has 3 N–H and O–H groups in total. The van der Waals surface area contributed by atoms with E-state index in [0.717, 1.165) is 23.3 Å². The number of nitrogens with zero attached hydrogens (tertiary/aromatic N) is 4. The Hall–Kier alpha value is -4.26. The second-order valence-corrected chi connectivity index (χ2v) is 7.29. The average molecular weight is 409 g/mol. The highest BCUT2D eigenvalue weighted by Gasteiger charge is 2.20. The van der Waals surface area contributed by atoms with E-state index in [2.05, 4.69) is 17.1 Å². The van der Waals surface area contributed by atoms with Crippen LogP contribution in [0.5, 0.6) is 0 Å². The van der Waals surface area contributed by atoms with E-state index in [4.69, 9.17) is 15.7 Å². The normalized spacial score (nSPS) is 15.4. The number of hydrogen-bond acceptors (Lipinski definition) is 5. The zero-order chi connectivity index (χ0) is 21.4. The molecule has 1 aromatic carbocycles. The third-order valence-electron chi connectivity index (χ3n) is 5.34. The van der Waals surface area contributed by atoms with Crippen molar-refractivity contribution in [3.8, 4) is 17.1 Å². The maximum Gasteiger partial charge on any atom is 0.335 e. The molecule has 5 rings (SSSR count).